The Hall–Kier alpha value is -1.10. The Morgan fingerprint density at radius 3 is 2.69 bits per heavy atom. The van der Waals surface area contributed by atoms with Gasteiger partial charge in [0.2, 0.25) is 0 Å². The van der Waals surface area contributed by atoms with Gasteiger partial charge in [0.15, 0.2) is 5.96 Å². The van der Waals surface area contributed by atoms with Crippen molar-refractivity contribution in [2.45, 2.75) is 72.4 Å². The van der Waals surface area contributed by atoms with Crippen LogP contribution in [-0.4, -0.2) is 59.8 Å². The lowest BCUT2D eigenvalue weighted by atomic mass is 10.2. The summed E-state index contributed by atoms with van der Waals surface area (Å²) in [6, 6.07) is 0.0763. The molecule has 1 atom stereocenters. The fourth-order valence-corrected chi connectivity index (χ4v) is 4.16. The number of carbonyl (C=O) groups is 1. The molecule has 1 amide bonds. The number of halogens is 1. The number of guanidine groups is 1. The van der Waals surface area contributed by atoms with E-state index in [9.17, 15) is 4.79 Å². The lowest BCUT2D eigenvalue weighted by Gasteiger charge is -2.23. The van der Waals surface area contributed by atoms with Crippen molar-refractivity contribution in [1.29, 1.82) is 0 Å². The summed E-state index contributed by atoms with van der Waals surface area (Å²) in [5.41, 5.74) is 0.719. The SMILES string of the molecule is CCNC(=NCCc1nc(CC)c(C)s1)N1CCC(NC(=O)OC(C)(C)C)C1.I. The van der Waals surface area contributed by atoms with E-state index in [2.05, 4.69) is 36.3 Å². The Morgan fingerprint density at radius 2 is 2.10 bits per heavy atom. The standard InChI is InChI=1S/C20H35N5O2S.HI/c1-7-16-14(3)28-17(24-16)9-11-22-18(21-8-2)25-12-10-15(13-25)23-19(26)27-20(4,5)6;/h15H,7-13H2,1-6H3,(H,21,22)(H,23,26);1H. The number of hydrogen-bond acceptors (Lipinski definition) is 5. The first kappa shape index (κ1) is 25.9. The molecule has 0 aliphatic carbocycles. The predicted molar refractivity (Wildman–Crippen MR) is 131 cm³/mol. The predicted octanol–water partition coefficient (Wildman–Crippen LogP) is 3.74. The van der Waals surface area contributed by atoms with Gasteiger partial charge in [-0.2, -0.15) is 0 Å². The summed E-state index contributed by atoms with van der Waals surface area (Å²) in [6.07, 6.45) is 2.36. The average molecular weight is 538 g/mol. The number of aromatic nitrogens is 1. The Labute approximate surface area is 196 Å². The van der Waals surface area contributed by atoms with Crippen molar-refractivity contribution in [1.82, 2.24) is 20.5 Å². The van der Waals surface area contributed by atoms with Gasteiger partial charge in [0.05, 0.1) is 16.7 Å². The number of amides is 1. The van der Waals surface area contributed by atoms with E-state index in [4.69, 9.17) is 14.7 Å². The molecule has 0 radical (unpaired) electrons. The van der Waals surface area contributed by atoms with Crippen LogP contribution in [0, 0.1) is 6.92 Å². The highest BCUT2D eigenvalue weighted by Crippen LogP contribution is 2.18. The van der Waals surface area contributed by atoms with Crippen LogP contribution >= 0.6 is 35.3 Å². The van der Waals surface area contributed by atoms with Gasteiger partial charge >= 0.3 is 6.09 Å². The Morgan fingerprint density at radius 1 is 1.38 bits per heavy atom. The van der Waals surface area contributed by atoms with Crippen molar-refractivity contribution in [2.24, 2.45) is 4.99 Å². The second-order valence-corrected chi connectivity index (χ2v) is 9.32. The van der Waals surface area contributed by atoms with Crippen LogP contribution in [0.4, 0.5) is 4.79 Å². The molecule has 1 unspecified atom stereocenters. The lowest BCUT2D eigenvalue weighted by molar-refractivity contribution is 0.0507. The van der Waals surface area contributed by atoms with Gasteiger partial charge in [-0.25, -0.2) is 9.78 Å². The molecule has 9 heteroatoms. The zero-order valence-corrected chi connectivity index (χ0v) is 21.6. The molecular weight excluding hydrogens is 501 g/mol. The van der Waals surface area contributed by atoms with Crippen molar-refractivity contribution >= 4 is 47.4 Å². The minimum Gasteiger partial charge on any atom is -0.444 e. The summed E-state index contributed by atoms with van der Waals surface area (Å²) < 4.78 is 5.36. The quantitative estimate of drug-likeness (QED) is 0.329. The molecule has 0 spiro atoms. The molecule has 0 bridgehead atoms. The molecule has 1 aliphatic heterocycles. The summed E-state index contributed by atoms with van der Waals surface area (Å²) >= 11 is 1.77. The first-order valence-corrected chi connectivity index (χ1v) is 11.0. The largest absolute Gasteiger partial charge is 0.444 e. The van der Waals surface area contributed by atoms with Crippen LogP contribution in [0.15, 0.2) is 4.99 Å². The molecule has 1 aliphatic rings. The molecule has 2 N–H and O–H groups in total. The van der Waals surface area contributed by atoms with Crippen molar-refractivity contribution in [3.8, 4) is 0 Å². The van der Waals surface area contributed by atoms with E-state index in [1.807, 2.05) is 20.8 Å². The number of aryl methyl sites for hydroxylation is 2. The molecule has 2 heterocycles. The maximum Gasteiger partial charge on any atom is 0.407 e. The number of rotatable bonds is 6. The maximum absolute atomic E-state index is 12.0. The van der Waals surface area contributed by atoms with Crippen molar-refractivity contribution in [3.63, 3.8) is 0 Å². The molecule has 29 heavy (non-hydrogen) atoms. The van der Waals surface area contributed by atoms with Crippen LogP contribution in [-0.2, 0) is 17.6 Å². The number of alkyl carbamates (subject to hydrolysis) is 1. The number of carbonyl (C=O) groups excluding carboxylic acids is 1. The zero-order chi connectivity index (χ0) is 20.7. The molecule has 1 fully saturated rings. The molecule has 0 saturated carbocycles. The van der Waals surface area contributed by atoms with Gasteiger partial charge in [0, 0.05) is 37.5 Å². The molecule has 1 aromatic rings. The van der Waals surface area contributed by atoms with E-state index in [-0.39, 0.29) is 36.1 Å². The van der Waals surface area contributed by atoms with E-state index in [0.29, 0.717) is 6.54 Å². The number of nitrogens with zero attached hydrogens (tertiary/aromatic N) is 3. The van der Waals surface area contributed by atoms with E-state index < -0.39 is 5.60 Å². The van der Waals surface area contributed by atoms with Crippen LogP contribution in [0.3, 0.4) is 0 Å². The molecule has 0 aromatic carbocycles. The number of likely N-dealkylation sites (tertiary alicyclic amines) is 1. The van der Waals surface area contributed by atoms with Crippen LogP contribution in [0.25, 0.3) is 0 Å². The van der Waals surface area contributed by atoms with Crippen molar-refractivity contribution < 1.29 is 9.53 Å². The number of ether oxygens (including phenoxy) is 1. The molecule has 7 nitrogen and oxygen atoms in total. The van der Waals surface area contributed by atoms with E-state index in [1.54, 1.807) is 11.3 Å². The smallest absolute Gasteiger partial charge is 0.407 e. The normalized spacial score (nSPS) is 17.1. The highest BCUT2D eigenvalue weighted by atomic mass is 127. The van der Waals surface area contributed by atoms with Gasteiger partial charge in [-0.1, -0.05) is 6.92 Å². The second-order valence-electron chi connectivity index (χ2n) is 8.03. The number of hydrogen-bond donors (Lipinski definition) is 2. The Kier molecular flexibility index (Phi) is 10.7. The van der Waals surface area contributed by atoms with Gasteiger partial charge in [-0.15, -0.1) is 35.3 Å². The molecule has 166 valence electrons. The van der Waals surface area contributed by atoms with Crippen LogP contribution < -0.4 is 10.6 Å². The van der Waals surface area contributed by atoms with E-state index in [0.717, 1.165) is 49.9 Å². The third-order valence-corrected chi connectivity index (χ3v) is 5.48. The highest BCUT2D eigenvalue weighted by molar-refractivity contribution is 14.0. The number of thiazole rings is 1. The van der Waals surface area contributed by atoms with Gasteiger partial charge in [-0.3, -0.25) is 4.99 Å². The summed E-state index contributed by atoms with van der Waals surface area (Å²) in [5.74, 6) is 0.903. The number of nitrogens with one attached hydrogen (secondary N) is 2. The summed E-state index contributed by atoms with van der Waals surface area (Å²) in [6.45, 7) is 15.1. The third kappa shape index (κ3) is 8.65. The van der Waals surface area contributed by atoms with Crippen LogP contribution in [0.1, 0.15) is 56.6 Å². The van der Waals surface area contributed by atoms with Crippen LogP contribution in [0.5, 0.6) is 0 Å². The minimum atomic E-state index is -0.482. The Bertz CT molecular complexity index is 687. The zero-order valence-electron chi connectivity index (χ0n) is 18.5. The Balaban J connectivity index is 0.00000420. The van der Waals surface area contributed by atoms with Crippen molar-refractivity contribution in [3.05, 3.63) is 15.6 Å². The molecule has 2 rings (SSSR count). The minimum absolute atomic E-state index is 0. The third-order valence-electron chi connectivity index (χ3n) is 4.40. The molecule has 1 saturated heterocycles. The van der Waals surface area contributed by atoms with Gasteiger partial charge in [0.25, 0.3) is 0 Å². The summed E-state index contributed by atoms with van der Waals surface area (Å²) in [7, 11) is 0. The van der Waals surface area contributed by atoms with Gasteiger partial charge < -0.3 is 20.3 Å². The summed E-state index contributed by atoms with van der Waals surface area (Å²) in [4.78, 5) is 25.0. The maximum atomic E-state index is 12.0. The summed E-state index contributed by atoms with van der Waals surface area (Å²) in [5, 5.41) is 7.48. The molecular formula is C20H36IN5O2S. The van der Waals surface area contributed by atoms with Crippen molar-refractivity contribution in [2.75, 3.05) is 26.2 Å². The average Bonchev–Trinajstić information content (AvgIpc) is 3.18. The van der Waals surface area contributed by atoms with Gasteiger partial charge in [0.1, 0.15) is 5.60 Å². The molecule has 1 aromatic heterocycles. The van der Waals surface area contributed by atoms with E-state index >= 15 is 0 Å². The fraction of sp³-hybridized carbons (Fsp3) is 0.750. The van der Waals surface area contributed by atoms with Gasteiger partial charge in [-0.05, 0) is 47.5 Å². The van der Waals surface area contributed by atoms with Crippen LogP contribution in [0.2, 0.25) is 0 Å². The highest BCUT2D eigenvalue weighted by Gasteiger charge is 2.27. The fourth-order valence-electron chi connectivity index (χ4n) is 3.15. The van der Waals surface area contributed by atoms with E-state index in [1.165, 1.54) is 10.6 Å². The number of aliphatic imine (C=N–C) groups is 1. The first-order valence-electron chi connectivity index (χ1n) is 10.2. The first-order chi connectivity index (χ1) is 13.2. The monoisotopic (exact) mass is 537 g/mol. The lowest BCUT2D eigenvalue weighted by Crippen LogP contribution is -2.44. The second kappa shape index (κ2) is 11.9. The topological polar surface area (TPSA) is 78.9 Å².